The molecule has 2 unspecified atom stereocenters. The quantitative estimate of drug-likeness (QED) is 0.660. The molecule has 3 nitrogen and oxygen atoms in total. The molecule has 1 rings (SSSR count). The monoisotopic (exact) mass is 305 g/mol. The molecule has 76 valence electrons. The molecular formula is C10H12INO2. The zero-order chi connectivity index (χ0) is 10.6. The zero-order valence-electron chi connectivity index (χ0n) is 7.56. The molecule has 14 heavy (non-hydrogen) atoms. The predicted molar refractivity (Wildman–Crippen MR) is 63.4 cm³/mol. The molecule has 0 aromatic heterocycles. The van der Waals surface area contributed by atoms with E-state index in [0.717, 1.165) is 5.56 Å². The number of carbonyl (C=O) groups is 1. The normalized spacial score (nSPS) is 14.7. The van der Waals surface area contributed by atoms with Crippen molar-refractivity contribution >= 4 is 28.6 Å². The maximum Gasteiger partial charge on any atom is 0.304 e. The second-order valence-corrected chi connectivity index (χ2v) is 4.42. The lowest BCUT2D eigenvalue weighted by Gasteiger charge is -2.16. The van der Waals surface area contributed by atoms with E-state index < -0.39 is 5.97 Å². The van der Waals surface area contributed by atoms with Crippen LogP contribution in [0.1, 0.15) is 15.9 Å². The van der Waals surface area contributed by atoms with Gasteiger partial charge in [0.15, 0.2) is 0 Å². The highest BCUT2D eigenvalue weighted by Gasteiger charge is 2.18. The Morgan fingerprint density at radius 2 is 2.00 bits per heavy atom. The summed E-state index contributed by atoms with van der Waals surface area (Å²) < 4.78 is 0.0462. The summed E-state index contributed by atoms with van der Waals surface area (Å²) in [5, 5.41) is 8.60. The first-order chi connectivity index (χ1) is 6.61. The van der Waals surface area contributed by atoms with Gasteiger partial charge in [0.2, 0.25) is 0 Å². The van der Waals surface area contributed by atoms with Crippen LogP contribution in [0, 0.1) is 0 Å². The van der Waals surface area contributed by atoms with E-state index in [1.807, 2.05) is 30.3 Å². The lowest BCUT2D eigenvalue weighted by Crippen LogP contribution is -2.27. The molecule has 0 spiro atoms. The Balaban J connectivity index is 2.65. The van der Waals surface area contributed by atoms with Gasteiger partial charge < -0.3 is 10.8 Å². The summed E-state index contributed by atoms with van der Waals surface area (Å²) in [7, 11) is 0. The second-order valence-electron chi connectivity index (χ2n) is 3.07. The number of nitrogens with two attached hydrogens (primary N) is 1. The van der Waals surface area contributed by atoms with Gasteiger partial charge in [-0.15, -0.1) is 0 Å². The Hall–Kier alpha value is -0.620. The van der Waals surface area contributed by atoms with E-state index in [9.17, 15) is 4.79 Å². The van der Waals surface area contributed by atoms with Crippen LogP contribution < -0.4 is 5.73 Å². The first-order valence-electron chi connectivity index (χ1n) is 4.27. The number of carboxylic acids is 1. The number of aliphatic carboxylic acids is 1. The summed E-state index contributed by atoms with van der Waals surface area (Å²) in [5.41, 5.74) is 6.83. The van der Waals surface area contributed by atoms with Gasteiger partial charge in [0, 0.05) is 6.04 Å². The Morgan fingerprint density at radius 1 is 1.43 bits per heavy atom. The fourth-order valence-electron chi connectivity index (χ4n) is 1.19. The molecule has 3 N–H and O–H groups in total. The number of hydrogen-bond donors (Lipinski definition) is 2. The van der Waals surface area contributed by atoms with Crippen LogP contribution in [-0.2, 0) is 4.79 Å². The van der Waals surface area contributed by atoms with E-state index >= 15 is 0 Å². The van der Waals surface area contributed by atoms with Gasteiger partial charge in [0.05, 0.1) is 10.3 Å². The molecule has 0 fully saturated rings. The highest BCUT2D eigenvalue weighted by atomic mass is 127. The first-order valence-corrected chi connectivity index (χ1v) is 5.52. The van der Waals surface area contributed by atoms with E-state index in [1.54, 1.807) is 0 Å². The van der Waals surface area contributed by atoms with Gasteiger partial charge in [-0.3, -0.25) is 4.79 Å². The Labute approximate surface area is 96.4 Å². The standard InChI is InChI=1S/C10H12INO2/c11-10(8(12)6-9(13)14)7-4-2-1-3-5-7/h1-5,8,10H,6,12H2,(H,13,14). The second kappa shape index (κ2) is 5.31. The third-order valence-corrected chi connectivity index (χ3v) is 3.55. The lowest BCUT2D eigenvalue weighted by atomic mass is 10.0. The maximum atomic E-state index is 10.5. The molecule has 4 heteroatoms. The van der Waals surface area contributed by atoms with Crippen molar-refractivity contribution in [2.24, 2.45) is 5.73 Å². The summed E-state index contributed by atoms with van der Waals surface area (Å²) >= 11 is 2.18. The van der Waals surface area contributed by atoms with Crippen LogP contribution >= 0.6 is 22.6 Å². The topological polar surface area (TPSA) is 63.3 Å². The molecule has 0 heterocycles. The number of rotatable bonds is 4. The average Bonchev–Trinajstić information content (AvgIpc) is 2.17. The Kier molecular flexibility index (Phi) is 4.34. The smallest absolute Gasteiger partial charge is 0.304 e. The van der Waals surface area contributed by atoms with E-state index in [-0.39, 0.29) is 16.4 Å². The summed E-state index contributed by atoms with van der Waals surface area (Å²) in [6, 6.07) is 9.35. The van der Waals surface area contributed by atoms with E-state index in [2.05, 4.69) is 22.6 Å². The third kappa shape index (κ3) is 3.26. The van der Waals surface area contributed by atoms with Gasteiger partial charge in [0.1, 0.15) is 0 Å². The summed E-state index contributed by atoms with van der Waals surface area (Å²) in [4.78, 5) is 10.5. The molecule has 0 saturated heterocycles. The van der Waals surface area contributed by atoms with Gasteiger partial charge in [0.25, 0.3) is 0 Å². The lowest BCUT2D eigenvalue weighted by molar-refractivity contribution is -0.137. The molecule has 0 saturated carbocycles. The van der Waals surface area contributed by atoms with Crippen LogP contribution in [0.2, 0.25) is 0 Å². The van der Waals surface area contributed by atoms with Crippen molar-refractivity contribution in [1.82, 2.24) is 0 Å². The van der Waals surface area contributed by atoms with Gasteiger partial charge in [-0.2, -0.15) is 0 Å². The molecule has 0 aliphatic rings. The SMILES string of the molecule is NC(CC(=O)O)C(I)c1ccccc1. The average molecular weight is 305 g/mol. The number of alkyl halides is 1. The Bertz CT molecular complexity index is 302. The molecule has 0 radical (unpaired) electrons. The largest absolute Gasteiger partial charge is 0.481 e. The fourth-order valence-corrected chi connectivity index (χ4v) is 1.86. The molecule has 2 atom stereocenters. The van der Waals surface area contributed by atoms with Gasteiger partial charge in [-0.25, -0.2) is 0 Å². The van der Waals surface area contributed by atoms with Crippen molar-refractivity contribution in [3.05, 3.63) is 35.9 Å². The van der Waals surface area contributed by atoms with Crippen LogP contribution in [0.15, 0.2) is 30.3 Å². The maximum absolute atomic E-state index is 10.5. The van der Waals surface area contributed by atoms with Gasteiger partial charge in [-0.1, -0.05) is 52.9 Å². The predicted octanol–water partition coefficient (Wildman–Crippen LogP) is 1.96. The summed E-state index contributed by atoms with van der Waals surface area (Å²) in [5.74, 6) is -0.852. The van der Waals surface area contributed by atoms with Crippen LogP contribution in [0.25, 0.3) is 0 Å². The minimum atomic E-state index is -0.852. The van der Waals surface area contributed by atoms with Crippen molar-refractivity contribution < 1.29 is 9.90 Å². The Morgan fingerprint density at radius 3 is 2.50 bits per heavy atom. The van der Waals surface area contributed by atoms with Crippen molar-refractivity contribution in [3.63, 3.8) is 0 Å². The summed E-state index contributed by atoms with van der Waals surface area (Å²) in [6.07, 6.45) is 0.00248. The van der Waals surface area contributed by atoms with E-state index in [1.165, 1.54) is 0 Å². The third-order valence-electron chi connectivity index (χ3n) is 1.90. The van der Waals surface area contributed by atoms with E-state index in [4.69, 9.17) is 10.8 Å². The van der Waals surface area contributed by atoms with Crippen LogP contribution in [-0.4, -0.2) is 17.1 Å². The molecule has 0 aliphatic heterocycles. The van der Waals surface area contributed by atoms with Crippen molar-refractivity contribution in [3.8, 4) is 0 Å². The zero-order valence-corrected chi connectivity index (χ0v) is 9.72. The number of hydrogen-bond acceptors (Lipinski definition) is 2. The number of carboxylic acid groups (broad SMARTS) is 1. The fraction of sp³-hybridized carbons (Fsp3) is 0.300. The van der Waals surface area contributed by atoms with E-state index in [0.29, 0.717) is 0 Å². The minimum Gasteiger partial charge on any atom is -0.481 e. The van der Waals surface area contributed by atoms with Crippen LogP contribution in [0.4, 0.5) is 0 Å². The molecule has 0 aliphatic carbocycles. The van der Waals surface area contributed by atoms with Crippen LogP contribution in [0.3, 0.4) is 0 Å². The molecule has 1 aromatic carbocycles. The highest BCUT2D eigenvalue weighted by Crippen LogP contribution is 2.27. The summed E-state index contributed by atoms with van der Waals surface area (Å²) in [6.45, 7) is 0. The van der Waals surface area contributed by atoms with Gasteiger partial charge in [-0.05, 0) is 5.56 Å². The number of benzene rings is 1. The molecule has 0 bridgehead atoms. The minimum absolute atomic E-state index is 0.00248. The highest BCUT2D eigenvalue weighted by molar-refractivity contribution is 14.1. The van der Waals surface area contributed by atoms with Crippen molar-refractivity contribution in [2.75, 3.05) is 0 Å². The molecular weight excluding hydrogens is 293 g/mol. The van der Waals surface area contributed by atoms with Crippen molar-refractivity contribution in [2.45, 2.75) is 16.4 Å². The molecule has 1 aromatic rings. The first kappa shape index (κ1) is 11.5. The molecule has 0 amide bonds. The number of halogens is 1. The van der Waals surface area contributed by atoms with Crippen molar-refractivity contribution in [1.29, 1.82) is 0 Å². The van der Waals surface area contributed by atoms with Crippen LogP contribution in [0.5, 0.6) is 0 Å². The van der Waals surface area contributed by atoms with Gasteiger partial charge >= 0.3 is 5.97 Å².